The summed E-state index contributed by atoms with van der Waals surface area (Å²) in [6, 6.07) is 8.73. The van der Waals surface area contributed by atoms with Crippen LogP contribution in [-0.4, -0.2) is 21.7 Å². The largest absolute Gasteiger partial charge is 0.397 e. The van der Waals surface area contributed by atoms with Gasteiger partial charge in [-0.15, -0.1) is 11.3 Å². The van der Waals surface area contributed by atoms with E-state index in [1.807, 2.05) is 11.4 Å². The molecular formula is C17H10N4O2S2. The Morgan fingerprint density at radius 1 is 1.24 bits per heavy atom. The van der Waals surface area contributed by atoms with Crippen molar-refractivity contribution in [3.05, 3.63) is 56.5 Å². The Kier molecular flexibility index (Phi) is 3.42. The number of nitrogen functional groups attached to an aromatic ring is 1. The van der Waals surface area contributed by atoms with Gasteiger partial charge < -0.3 is 10.7 Å². The summed E-state index contributed by atoms with van der Waals surface area (Å²) < 4.78 is 0.279. The van der Waals surface area contributed by atoms with Crippen LogP contribution in [0.15, 0.2) is 29.6 Å². The van der Waals surface area contributed by atoms with Crippen LogP contribution < -0.4 is 5.73 Å². The maximum Gasteiger partial charge on any atom is 0.261 e. The van der Waals surface area contributed by atoms with Gasteiger partial charge in [0.15, 0.2) is 0 Å². The second-order valence-electron chi connectivity index (χ2n) is 5.56. The molecule has 1 aromatic carbocycles. The van der Waals surface area contributed by atoms with E-state index in [1.165, 1.54) is 16.2 Å². The normalized spacial score (nSPS) is 13.3. The number of aromatic nitrogens is 1. The Morgan fingerprint density at radius 3 is 2.48 bits per heavy atom. The zero-order chi connectivity index (χ0) is 17.7. The highest BCUT2D eigenvalue weighted by Gasteiger charge is 2.35. The molecule has 3 heterocycles. The lowest BCUT2D eigenvalue weighted by Gasteiger charge is -2.14. The fourth-order valence-corrected chi connectivity index (χ4v) is 4.27. The van der Waals surface area contributed by atoms with Gasteiger partial charge >= 0.3 is 0 Å². The highest BCUT2D eigenvalue weighted by molar-refractivity contribution is 7.71. The number of anilines is 1. The number of nitrogens with two attached hydrogens (primary N) is 1. The van der Waals surface area contributed by atoms with Crippen molar-refractivity contribution >= 4 is 51.3 Å². The number of nitrogens with zero attached hydrogens (tertiary/aromatic N) is 2. The summed E-state index contributed by atoms with van der Waals surface area (Å²) in [5, 5.41) is 11.7. The molecule has 3 N–H and O–H groups in total. The van der Waals surface area contributed by atoms with Gasteiger partial charge in [0.05, 0.1) is 23.4 Å². The van der Waals surface area contributed by atoms with Crippen molar-refractivity contribution in [2.45, 2.75) is 6.54 Å². The molecule has 0 aliphatic carbocycles. The second kappa shape index (κ2) is 5.51. The van der Waals surface area contributed by atoms with Gasteiger partial charge in [-0.1, -0.05) is 24.4 Å². The van der Waals surface area contributed by atoms with Crippen LogP contribution in [0, 0.1) is 16.0 Å². The molecule has 2 aromatic heterocycles. The summed E-state index contributed by atoms with van der Waals surface area (Å²) in [6.45, 7) is 0.0893. The molecule has 25 heavy (non-hydrogen) atoms. The number of hydrogen-bond acceptors (Lipinski definition) is 6. The first-order chi connectivity index (χ1) is 12.0. The summed E-state index contributed by atoms with van der Waals surface area (Å²) in [5.41, 5.74) is 8.09. The number of imide groups is 1. The molecule has 4 rings (SSSR count). The topological polar surface area (TPSA) is 103 Å². The molecule has 6 nitrogen and oxygen atoms in total. The predicted molar refractivity (Wildman–Crippen MR) is 96.8 cm³/mol. The third-order valence-electron chi connectivity index (χ3n) is 4.18. The number of hydrogen-bond donors (Lipinski definition) is 2. The minimum Gasteiger partial charge on any atom is -0.397 e. The van der Waals surface area contributed by atoms with Gasteiger partial charge in [-0.05, 0) is 23.1 Å². The van der Waals surface area contributed by atoms with Crippen LogP contribution >= 0.6 is 23.6 Å². The number of amides is 2. The summed E-state index contributed by atoms with van der Waals surface area (Å²) in [5.74, 6) is -0.661. The Bertz CT molecular complexity index is 1130. The van der Waals surface area contributed by atoms with Crippen LogP contribution in [0.4, 0.5) is 5.69 Å². The predicted octanol–water partition coefficient (Wildman–Crippen LogP) is 3.21. The van der Waals surface area contributed by atoms with Crippen LogP contribution in [-0.2, 0) is 6.54 Å². The summed E-state index contributed by atoms with van der Waals surface area (Å²) >= 11 is 6.50. The highest BCUT2D eigenvalue weighted by Crippen LogP contribution is 2.34. The standard InChI is InChI=1S/C17H10N4O2S2/c18-5-11-13(19)12-8(7-25-15(12)20-14(11)24)6-21-16(22)9-3-1-2-4-10(9)17(21)23/h1-4,7H,6H2,(H3,19,20,24). The van der Waals surface area contributed by atoms with Gasteiger partial charge in [-0.3, -0.25) is 14.5 Å². The summed E-state index contributed by atoms with van der Waals surface area (Å²) in [7, 11) is 0. The number of pyridine rings is 1. The van der Waals surface area contributed by atoms with Crippen molar-refractivity contribution < 1.29 is 9.59 Å². The Morgan fingerprint density at radius 2 is 1.88 bits per heavy atom. The molecule has 0 fully saturated rings. The molecule has 2 amide bonds. The lowest BCUT2D eigenvalue weighted by atomic mass is 10.1. The quantitative estimate of drug-likeness (QED) is 0.535. The number of carbonyl (C=O) groups is 2. The minimum atomic E-state index is -0.331. The molecule has 0 unspecified atom stereocenters. The van der Waals surface area contributed by atoms with Crippen molar-refractivity contribution in [1.29, 1.82) is 5.26 Å². The zero-order valence-electron chi connectivity index (χ0n) is 12.7. The zero-order valence-corrected chi connectivity index (χ0v) is 14.3. The van der Waals surface area contributed by atoms with E-state index in [9.17, 15) is 14.9 Å². The monoisotopic (exact) mass is 366 g/mol. The van der Waals surface area contributed by atoms with Gasteiger partial charge in [-0.25, -0.2) is 0 Å². The maximum atomic E-state index is 12.5. The van der Waals surface area contributed by atoms with E-state index in [-0.39, 0.29) is 34.3 Å². The van der Waals surface area contributed by atoms with Crippen LogP contribution in [0.2, 0.25) is 0 Å². The number of fused-ring (bicyclic) bond motifs is 2. The van der Waals surface area contributed by atoms with E-state index >= 15 is 0 Å². The Balaban J connectivity index is 1.81. The van der Waals surface area contributed by atoms with E-state index in [0.717, 1.165) is 0 Å². The molecule has 0 bridgehead atoms. The van der Waals surface area contributed by atoms with Crippen molar-refractivity contribution in [2.24, 2.45) is 0 Å². The molecule has 8 heteroatoms. The van der Waals surface area contributed by atoms with Crippen LogP contribution in [0.25, 0.3) is 10.2 Å². The van der Waals surface area contributed by atoms with E-state index in [4.69, 9.17) is 18.0 Å². The number of rotatable bonds is 2. The average molecular weight is 366 g/mol. The van der Waals surface area contributed by atoms with Crippen LogP contribution in [0.3, 0.4) is 0 Å². The summed E-state index contributed by atoms with van der Waals surface area (Å²) in [6.07, 6.45) is 0. The van der Waals surface area contributed by atoms with Crippen LogP contribution in [0.5, 0.6) is 0 Å². The van der Waals surface area contributed by atoms with Gasteiger partial charge in [0.1, 0.15) is 21.1 Å². The molecule has 1 aliphatic rings. The molecule has 0 saturated carbocycles. The summed E-state index contributed by atoms with van der Waals surface area (Å²) in [4.78, 5) is 30.0. The Hall–Kier alpha value is -3.02. The molecular weight excluding hydrogens is 356 g/mol. The first-order valence-corrected chi connectivity index (χ1v) is 8.59. The van der Waals surface area contributed by atoms with Crippen molar-refractivity contribution in [3.63, 3.8) is 0 Å². The average Bonchev–Trinajstić information content (AvgIpc) is 3.11. The van der Waals surface area contributed by atoms with Crippen molar-refractivity contribution in [2.75, 3.05) is 5.73 Å². The number of aromatic amines is 1. The molecule has 1 aliphatic heterocycles. The SMILES string of the molecule is N#Cc1c(N)c2c(CN3C(=O)c4ccccc4C3=O)csc2[nH]c1=S. The number of benzene rings is 1. The molecule has 0 atom stereocenters. The molecule has 122 valence electrons. The lowest BCUT2D eigenvalue weighted by molar-refractivity contribution is 0.0643. The number of carbonyl (C=O) groups excluding carboxylic acids is 2. The van der Waals surface area contributed by atoms with E-state index in [1.54, 1.807) is 24.3 Å². The number of thiophene rings is 1. The molecule has 0 saturated heterocycles. The minimum absolute atomic E-state index is 0.0893. The number of nitriles is 1. The lowest BCUT2D eigenvalue weighted by Crippen LogP contribution is -2.29. The van der Waals surface area contributed by atoms with Crippen molar-refractivity contribution in [1.82, 2.24) is 9.88 Å². The Labute approximate surface area is 151 Å². The van der Waals surface area contributed by atoms with E-state index in [0.29, 0.717) is 26.9 Å². The number of H-pyrrole nitrogens is 1. The van der Waals surface area contributed by atoms with Crippen LogP contribution in [0.1, 0.15) is 31.8 Å². The third-order valence-corrected chi connectivity index (χ3v) is 5.43. The van der Waals surface area contributed by atoms with Gasteiger partial charge in [0, 0.05) is 5.39 Å². The van der Waals surface area contributed by atoms with Gasteiger partial charge in [0.25, 0.3) is 11.8 Å². The first-order valence-electron chi connectivity index (χ1n) is 7.30. The van der Waals surface area contributed by atoms with E-state index < -0.39 is 0 Å². The fraction of sp³-hybridized carbons (Fsp3) is 0.0588. The third kappa shape index (κ3) is 2.17. The highest BCUT2D eigenvalue weighted by atomic mass is 32.1. The molecule has 3 aromatic rings. The maximum absolute atomic E-state index is 12.5. The van der Waals surface area contributed by atoms with E-state index in [2.05, 4.69) is 4.98 Å². The smallest absolute Gasteiger partial charge is 0.261 e. The van der Waals surface area contributed by atoms with Gasteiger partial charge in [-0.2, -0.15) is 5.26 Å². The number of nitrogens with one attached hydrogen (secondary N) is 1. The first kappa shape index (κ1) is 15.5. The van der Waals surface area contributed by atoms with Crippen molar-refractivity contribution in [3.8, 4) is 6.07 Å². The van der Waals surface area contributed by atoms with Gasteiger partial charge in [0.2, 0.25) is 0 Å². The molecule has 0 spiro atoms. The molecule has 0 radical (unpaired) electrons. The second-order valence-corrected chi connectivity index (χ2v) is 6.85. The fourth-order valence-electron chi connectivity index (χ4n) is 2.97.